The lowest BCUT2D eigenvalue weighted by molar-refractivity contribution is 0.0488. The number of nitrogens with zero attached hydrogens (tertiary/aromatic N) is 7. The molecule has 0 bridgehead atoms. The van der Waals surface area contributed by atoms with Crippen LogP contribution < -0.4 is 0 Å². The summed E-state index contributed by atoms with van der Waals surface area (Å²) in [6.45, 7) is 0. The molecule has 0 aliphatic carbocycles. The van der Waals surface area contributed by atoms with Crippen molar-refractivity contribution >= 4 is 5.97 Å². The average Bonchev–Trinajstić information content (AvgIpc) is 2.86. The lowest BCUT2D eigenvalue weighted by Crippen LogP contribution is -2.11. The maximum atomic E-state index is 11.4. The average molecular weight is 231 g/mol. The lowest BCUT2D eigenvalue weighted by atomic mass is 10.3. The van der Waals surface area contributed by atoms with Gasteiger partial charge in [-0.1, -0.05) is 18.2 Å². The second-order valence-electron chi connectivity index (χ2n) is 2.80. The van der Waals surface area contributed by atoms with Gasteiger partial charge in [-0.25, -0.2) is 4.79 Å². The Kier molecular flexibility index (Phi) is 2.94. The molecule has 0 N–H and O–H groups in total. The Morgan fingerprint density at radius 1 is 1.41 bits per heavy atom. The number of azide groups is 1. The Labute approximate surface area is 94.2 Å². The molecule has 0 aliphatic rings. The Hall–Kier alpha value is -2.93. The number of hydrogen-bond acceptors (Lipinski definition) is 6. The molecule has 2 aromatic rings. The third-order valence-corrected chi connectivity index (χ3v) is 1.81. The molecule has 1 aromatic heterocycles. The molecule has 0 amide bonds. The van der Waals surface area contributed by atoms with Crippen LogP contribution in [0.3, 0.4) is 0 Å². The quantitative estimate of drug-likeness (QED) is 0.338. The summed E-state index contributed by atoms with van der Waals surface area (Å²) in [5.41, 5.74) is 8.61. The van der Waals surface area contributed by atoms with Crippen molar-refractivity contribution in [2.45, 2.75) is 0 Å². The fourth-order valence-electron chi connectivity index (χ4n) is 1.15. The fraction of sp³-hybridized carbons (Fsp3) is 0. The van der Waals surface area contributed by atoms with Gasteiger partial charge < -0.3 is 4.84 Å². The van der Waals surface area contributed by atoms with Crippen molar-refractivity contribution < 1.29 is 9.63 Å². The van der Waals surface area contributed by atoms with Crippen molar-refractivity contribution in [2.75, 3.05) is 0 Å². The maximum absolute atomic E-state index is 11.4. The molecule has 0 atom stereocenters. The van der Waals surface area contributed by atoms with Crippen molar-refractivity contribution in [3.63, 3.8) is 0 Å². The first-order chi connectivity index (χ1) is 8.33. The van der Waals surface area contributed by atoms with Gasteiger partial charge in [0.1, 0.15) is 5.28 Å². The van der Waals surface area contributed by atoms with E-state index >= 15 is 0 Å². The molecule has 0 saturated heterocycles. The Morgan fingerprint density at radius 3 is 2.88 bits per heavy atom. The minimum absolute atomic E-state index is 0.177. The highest BCUT2D eigenvalue weighted by Gasteiger charge is 2.17. The molecule has 0 radical (unpaired) electrons. The van der Waals surface area contributed by atoms with E-state index in [9.17, 15) is 4.79 Å². The highest BCUT2D eigenvalue weighted by atomic mass is 16.7. The molecule has 0 spiro atoms. The normalized spacial score (nSPS) is 9.41. The van der Waals surface area contributed by atoms with Crippen LogP contribution in [0.4, 0.5) is 0 Å². The van der Waals surface area contributed by atoms with E-state index < -0.39 is 5.97 Å². The topological polar surface area (TPSA) is 119 Å². The molecule has 84 valence electrons. The van der Waals surface area contributed by atoms with Gasteiger partial charge in [0.15, 0.2) is 0 Å². The van der Waals surface area contributed by atoms with E-state index in [4.69, 9.17) is 5.53 Å². The first-order valence-corrected chi connectivity index (χ1v) is 4.42. The zero-order chi connectivity index (χ0) is 12.1. The number of benzene rings is 1. The van der Waals surface area contributed by atoms with E-state index in [1.165, 1.54) is 4.68 Å². The SMILES string of the molecule is [N-]=[N+]=NOC(=O)c1nnnn1-c1ccccc1. The summed E-state index contributed by atoms with van der Waals surface area (Å²) in [7, 11) is 0. The van der Waals surface area contributed by atoms with E-state index in [1.807, 2.05) is 6.07 Å². The molecule has 17 heavy (non-hydrogen) atoms. The smallest absolute Gasteiger partial charge is 0.352 e. The Balaban J connectivity index is 2.35. The third kappa shape index (κ3) is 2.19. The van der Waals surface area contributed by atoms with Crippen LogP contribution in [0.2, 0.25) is 0 Å². The van der Waals surface area contributed by atoms with Crippen LogP contribution in [0.15, 0.2) is 35.6 Å². The van der Waals surface area contributed by atoms with E-state index in [0.29, 0.717) is 5.69 Å². The van der Waals surface area contributed by atoms with Crippen LogP contribution in [-0.2, 0) is 4.84 Å². The van der Waals surface area contributed by atoms with Gasteiger partial charge in [0, 0.05) is 4.91 Å². The largest absolute Gasteiger partial charge is 0.390 e. The standard InChI is InChI=1S/C8H5N7O2/c9-11-14-17-8(16)7-10-12-13-15(7)6-4-2-1-3-5-6/h1-5H. The number of aromatic nitrogens is 4. The number of carbonyl (C=O) groups excluding carboxylic acids is 1. The predicted molar refractivity (Wildman–Crippen MR) is 53.7 cm³/mol. The highest BCUT2D eigenvalue weighted by Crippen LogP contribution is 2.07. The second-order valence-corrected chi connectivity index (χ2v) is 2.80. The zero-order valence-corrected chi connectivity index (χ0v) is 8.33. The molecule has 1 heterocycles. The van der Waals surface area contributed by atoms with Gasteiger partial charge in [-0.2, -0.15) is 4.68 Å². The molecule has 0 saturated carbocycles. The molecular formula is C8H5N7O2. The Morgan fingerprint density at radius 2 is 2.18 bits per heavy atom. The second kappa shape index (κ2) is 4.73. The van der Waals surface area contributed by atoms with E-state index in [2.05, 4.69) is 30.6 Å². The van der Waals surface area contributed by atoms with Gasteiger partial charge in [-0.3, -0.25) is 0 Å². The molecule has 9 heteroatoms. The molecule has 0 fully saturated rings. The number of rotatable bonds is 3. The third-order valence-electron chi connectivity index (χ3n) is 1.81. The molecular weight excluding hydrogens is 226 g/mol. The molecule has 0 unspecified atom stereocenters. The van der Waals surface area contributed by atoms with Crippen LogP contribution in [0.5, 0.6) is 0 Å². The van der Waals surface area contributed by atoms with E-state index in [1.54, 1.807) is 24.3 Å². The lowest BCUT2D eigenvalue weighted by Gasteiger charge is -2.01. The summed E-state index contributed by atoms with van der Waals surface area (Å²) in [6.07, 6.45) is 0. The van der Waals surface area contributed by atoms with Crippen LogP contribution in [-0.4, -0.2) is 26.2 Å². The number of para-hydroxylation sites is 1. The van der Waals surface area contributed by atoms with Gasteiger partial charge in [0.05, 0.1) is 5.69 Å². The van der Waals surface area contributed by atoms with Gasteiger partial charge in [0.25, 0.3) is 5.82 Å². The predicted octanol–water partition coefficient (Wildman–Crippen LogP) is 1.04. The van der Waals surface area contributed by atoms with Crippen molar-refractivity contribution in [1.82, 2.24) is 20.2 Å². The summed E-state index contributed by atoms with van der Waals surface area (Å²) in [4.78, 5) is 17.9. The van der Waals surface area contributed by atoms with E-state index in [0.717, 1.165) is 0 Å². The van der Waals surface area contributed by atoms with Crippen molar-refractivity contribution in [3.8, 4) is 5.69 Å². The maximum Gasteiger partial charge on any atom is 0.390 e. The minimum Gasteiger partial charge on any atom is -0.352 e. The van der Waals surface area contributed by atoms with Crippen molar-refractivity contribution in [1.29, 1.82) is 0 Å². The molecule has 9 nitrogen and oxygen atoms in total. The highest BCUT2D eigenvalue weighted by molar-refractivity contribution is 5.85. The summed E-state index contributed by atoms with van der Waals surface area (Å²) in [6, 6.07) is 8.76. The van der Waals surface area contributed by atoms with Gasteiger partial charge in [-0.15, -0.1) is 5.10 Å². The van der Waals surface area contributed by atoms with Crippen LogP contribution in [0, 0.1) is 0 Å². The number of hydrogen-bond donors (Lipinski definition) is 0. The molecule has 1 aromatic carbocycles. The monoisotopic (exact) mass is 231 g/mol. The molecule has 2 rings (SSSR count). The van der Waals surface area contributed by atoms with Gasteiger partial charge in [-0.05, 0) is 28.1 Å². The van der Waals surface area contributed by atoms with Gasteiger partial charge in [0.2, 0.25) is 0 Å². The summed E-state index contributed by atoms with van der Waals surface area (Å²) in [5, 5.41) is 13.2. The Bertz CT molecular complexity index is 573. The summed E-state index contributed by atoms with van der Waals surface area (Å²) < 4.78 is 1.18. The van der Waals surface area contributed by atoms with Crippen molar-refractivity contribution in [2.24, 2.45) is 5.28 Å². The van der Waals surface area contributed by atoms with Gasteiger partial charge >= 0.3 is 5.97 Å². The first kappa shape index (κ1) is 10.6. The zero-order valence-electron chi connectivity index (χ0n) is 8.33. The number of carbonyl (C=O) groups is 1. The molecule has 0 aliphatic heterocycles. The van der Waals surface area contributed by atoms with Crippen molar-refractivity contribution in [3.05, 3.63) is 46.6 Å². The van der Waals surface area contributed by atoms with E-state index in [-0.39, 0.29) is 5.82 Å². The fourth-order valence-corrected chi connectivity index (χ4v) is 1.15. The summed E-state index contributed by atoms with van der Waals surface area (Å²) in [5.74, 6) is -1.11. The van der Waals surface area contributed by atoms with Crippen LogP contribution in [0.25, 0.3) is 16.1 Å². The first-order valence-electron chi connectivity index (χ1n) is 4.42. The summed E-state index contributed by atoms with van der Waals surface area (Å²) >= 11 is 0. The van der Waals surface area contributed by atoms with Crippen LogP contribution >= 0.6 is 0 Å². The minimum atomic E-state index is -0.934. The number of tetrazole rings is 1. The van der Waals surface area contributed by atoms with Crippen LogP contribution in [0.1, 0.15) is 10.6 Å².